The normalized spacial score (nSPS) is 11.0. The summed E-state index contributed by atoms with van der Waals surface area (Å²) in [5, 5.41) is 28.7. The van der Waals surface area contributed by atoms with Crippen LogP contribution in [0.2, 0.25) is 0 Å². The van der Waals surface area contributed by atoms with Gasteiger partial charge < -0.3 is 30.3 Å². The van der Waals surface area contributed by atoms with Gasteiger partial charge >= 0.3 is 0 Å². The molecule has 15 rings (SSSR count). The first-order valence-electron chi connectivity index (χ1n) is 34.9. The molecular weight excluding hydrogens is 1970 g/mol. The van der Waals surface area contributed by atoms with Gasteiger partial charge in [0.15, 0.2) is 17.3 Å². The molecule has 6 aromatic heterocycles. The summed E-state index contributed by atoms with van der Waals surface area (Å²) in [5.41, 5.74) is 19.1. The molecule has 16 heteroatoms. The Morgan fingerprint density at radius 3 is 1.16 bits per heavy atom. The molecule has 3 radical (unpaired) electrons. The second-order valence-electron chi connectivity index (χ2n) is 26.5. The number of allylic oxidation sites excluding steroid dienone is 6. The number of hydrogen-bond donors (Lipinski definition) is 3. The fourth-order valence-corrected chi connectivity index (χ4v) is 14.8. The van der Waals surface area contributed by atoms with Crippen LogP contribution in [0, 0.1) is 30.9 Å². The Bertz CT molecular complexity index is 5610. The van der Waals surface area contributed by atoms with Crippen molar-refractivity contribution in [3.63, 3.8) is 0 Å². The van der Waals surface area contributed by atoms with Crippen molar-refractivity contribution in [3.05, 3.63) is 344 Å². The molecule has 111 heavy (non-hydrogen) atoms. The number of nitrogens with zero attached hydrogens (tertiary/aromatic N) is 3. The second-order valence-corrected chi connectivity index (χ2v) is 29.8. The fraction of sp³-hybridized carbons (Fsp3) is 0.116. The summed E-state index contributed by atoms with van der Waals surface area (Å²) < 4.78 is 16.7. The number of carbonyl (C=O) groups excluding carboxylic acids is 3. The molecule has 0 aliphatic rings. The average Bonchev–Trinajstić information content (AvgIpc) is 1.64. The SMILES string of the molecule is CC(=O)C=C(C)O.CC(=O)C=C(C)O.CC(=O)C=C(C)O.Cc1[c-]c(-c2cc3cc(-c4ccccc4)sc3cn2)cc(C(C)(C)C)c1.Fc1ccc(-c2cc3cc(-c4[c-]ccc(-c5ccccc5)c4)ncc3s2)cc1.[Ir].[Ir].[Ir].[c-]1ccc(-c2ccccc2)cc1-c1cc2c(-c3ccccc3)c(-c3ccccc3)sc2cn1. The zero-order valence-electron chi connectivity index (χ0n) is 62.7. The summed E-state index contributed by atoms with van der Waals surface area (Å²) in [6.45, 7) is 17.4. The number of ketones is 3. The van der Waals surface area contributed by atoms with Gasteiger partial charge in [-0.05, 0) is 138 Å². The van der Waals surface area contributed by atoms with E-state index in [1.807, 2.05) is 67.1 Å². The number of aliphatic hydroxyl groups is 3. The molecule has 9 aromatic carbocycles. The summed E-state index contributed by atoms with van der Waals surface area (Å²) in [4.78, 5) is 47.9. The Labute approximate surface area is 701 Å². The number of aliphatic hydroxyl groups excluding tert-OH is 3. The van der Waals surface area contributed by atoms with Crippen LogP contribution >= 0.6 is 34.0 Å². The van der Waals surface area contributed by atoms with Crippen molar-refractivity contribution in [2.24, 2.45) is 0 Å². The third-order valence-electron chi connectivity index (χ3n) is 16.4. The van der Waals surface area contributed by atoms with Crippen LogP contribution in [0.5, 0.6) is 0 Å². The van der Waals surface area contributed by atoms with Crippen molar-refractivity contribution >= 4 is 81.6 Å². The summed E-state index contributed by atoms with van der Waals surface area (Å²) in [6, 6.07) is 97.1. The Hall–Kier alpha value is -10.2. The third kappa shape index (κ3) is 25.7. The molecule has 0 aliphatic heterocycles. The van der Waals surface area contributed by atoms with Crippen LogP contribution in [0.3, 0.4) is 0 Å². The van der Waals surface area contributed by atoms with Gasteiger partial charge in [-0.25, -0.2) is 4.39 Å². The van der Waals surface area contributed by atoms with Crippen LogP contribution in [0.1, 0.15) is 73.4 Å². The van der Waals surface area contributed by atoms with Crippen molar-refractivity contribution in [3.8, 4) is 98.5 Å². The average molecular weight is 2050 g/mol. The molecule has 0 amide bonds. The first-order valence-corrected chi connectivity index (χ1v) is 37.3. The standard InChI is InChI=1S/C31H20NS.C25H15FNS.C24H22NS.3C5H8O2.3Ir/c1-4-11-22(12-5-1)25-17-10-18-26(19-25)28-20-27-29(21-32-28)33-31(24-15-8-3-9-16-24)30(27)23-13-6-2-7-14-23;26-22-11-9-18(10-12-22)24-15-21-14-23(27-16-25(21)28-24)20-8-4-7-19(13-20)17-5-2-1-3-6-17;1-16-10-18(12-20(11-16)24(2,3)4)21-13-19-14-22(26-23(19)15-25-21)17-8-6-5-7-9-17;3*1-4(6)3-5(2)7;;;/h1-17,19-21H;1-7,9-16H;5-9,11-15H,1-4H3;3*3,6H,1-2H3;;;/q3*-1;;;;;;. The summed E-state index contributed by atoms with van der Waals surface area (Å²) in [5.74, 6) is -0.407. The number of carbonyl (C=O) groups is 3. The minimum absolute atomic E-state index is 0. The number of thiophene rings is 3. The van der Waals surface area contributed by atoms with Crippen LogP contribution in [-0.4, -0.2) is 47.6 Å². The molecule has 6 heterocycles. The van der Waals surface area contributed by atoms with Crippen molar-refractivity contribution in [2.45, 2.75) is 74.7 Å². The van der Waals surface area contributed by atoms with Crippen LogP contribution in [0.25, 0.3) is 129 Å². The van der Waals surface area contributed by atoms with E-state index in [4.69, 9.17) is 25.3 Å². The quantitative estimate of drug-likeness (QED) is 0.0617. The van der Waals surface area contributed by atoms with E-state index in [1.165, 1.54) is 146 Å². The molecule has 0 unspecified atom stereocenters. The van der Waals surface area contributed by atoms with Gasteiger partial charge in [0.05, 0.1) is 31.4 Å². The molecule has 0 saturated carbocycles. The predicted molar refractivity (Wildman–Crippen MR) is 449 cm³/mol. The van der Waals surface area contributed by atoms with E-state index in [0.717, 1.165) is 65.4 Å². The Morgan fingerprint density at radius 1 is 0.396 bits per heavy atom. The van der Waals surface area contributed by atoms with Gasteiger partial charge in [0.1, 0.15) is 5.82 Å². The number of halogens is 1. The van der Waals surface area contributed by atoms with Crippen molar-refractivity contribution in [1.29, 1.82) is 0 Å². The van der Waals surface area contributed by atoms with Gasteiger partial charge in [-0.3, -0.25) is 14.4 Å². The van der Waals surface area contributed by atoms with Crippen molar-refractivity contribution in [2.75, 3.05) is 0 Å². The molecule has 0 aliphatic carbocycles. The third-order valence-corrected chi connectivity index (χ3v) is 19.9. The van der Waals surface area contributed by atoms with Gasteiger partial charge in [0, 0.05) is 117 Å². The number of fused-ring (bicyclic) bond motifs is 3. The topological polar surface area (TPSA) is 151 Å². The first kappa shape index (κ1) is 88.0. The molecule has 3 N–H and O–H groups in total. The van der Waals surface area contributed by atoms with Crippen LogP contribution < -0.4 is 0 Å². The van der Waals surface area contributed by atoms with Gasteiger partial charge in [-0.15, -0.1) is 140 Å². The number of hydrogen-bond acceptors (Lipinski definition) is 12. The number of rotatable bonds is 12. The predicted octanol–water partition coefficient (Wildman–Crippen LogP) is 26.1. The van der Waals surface area contributed by atoms with E-state index in [1.54, 1.807) is 34.0 Å². The van der Waals surface area contributed by atoms with Gasteiger partial charge in [0.25, 0.3) is 0 Å². The van der Waals surface area contributed by atoms with Crippen LogP contribution in [-0.2, 0) is 80.1 Å². The van der Waals surface area contributed by atoms with Gasteiger partial charge in [-0.1, -0.05) is 210 Å². The Morgan fingerprint density at radius 2 is 0.766 bits per heavy atom. The minimum Gasteiger partial charge on any atom is -0.512 e. The molecular formula is C95H81FIr3N3O6S3-3. The summed E-state index contributed by atoms with van der Waals surface area (Å²) >= 11 is 5.26. The smallest absolute Gasteiger partial charge is 0.155 e. The van der Waals surface area contributed by atoms with Crippen molar-refractivity contribution in [1.82, 2.24) is 15.0 Å². The monoisotopic (exact) mass is 2050 g/mol. The van der Waals surface area contributed by atoms with Crippen LogP contribution in [0.4, 0.5) is 4.39 Å². The molecule has 15 aromatic rings. The van der Waals surface area contributed by atoms with Crippen molar-refractivity contribution < 1.29 is 94.4 Å². The van der Waals surface area contributed by atoms with E-state index in [-0.39, 0.29) is 106 Å². The zero-order valence-corrected chi connectivity index (χ0v) is 72.4. The molecule has 0 spiro atoms. The van der Waals surface area contributed by atoms with Gasteiger partial charge in [-0.2, -0.15) is 0 Å². The second kappa shape index (κ2) is 42.3. The van der Waals surface area contributed by atoms with Gasteiger partial charge in [0.2, 0.25) is 0 Å². The maximum absolute atomic E-state index is 13.2. The van der Waals surface area contributed by atoms with E-state index in [9.17, 15) is 18.8 Å². The molecule has 0 saturated heterocycles. The molecule has 0 atom stereocenters. The molecule has 0 bridgehead atoms. The van der Waals surface area contributed by atoms with E-state index in [0.29, 0.717) is 0 Å². The Kier molecular flexibility index (Phi) is 33.5. The summed E-state index contributed by atoms with van der Waals surface area (Å²) in [7, 11) is 0. The maximum Gasteiger partial charge on any atom is 0.155 e. The van der Waals surface area contributed by atoms with Crippen LogP contribution in [0.15, 0.2) is 309 Å². The fourth-order valence-electron chi connectivity index (χ4n) is 11.5. The Balaban J connectivity index is 0.000000203. The number of aryl methyl sites for hydroxylation is 1. The maximum atomic E-state index is 13.2. The number of pyridine rings is 3. The summed E-state index contributed by atoms with van der Waals surface area (Å²) in [6.07, 6.45) is 9.41. The van der Waals surface area contributed by atoms with E-state index >= 15 is 0 Å². The molecule has 9 nitrogen and oxygen atoms in total. The van der Waals surface area contributed by atoms with E-state index in [2.05, 4.69) is 245 Å². The number of benzene rings is 9. The first-order chi connectivity index (χ1) is 51.9. The minimum atomic E-state index is -0.220. The van der Waals surface area contributed by atoms with E-state index < -0.39 is 0 Å². The zero-order chi connectivity index (χ0) is 76.9. The molecule has 567 valence electrons. The largest absolute Gasteiger partial charge is 0.512 e. The molecule has 0 fully saturated rings. The number of aromatic nitrogens is 3.